The van der Waals surface area contributed by atoms with Crippen LogP contribution >= 0.6 is 0 Å². The standard InChI is InChI=1S/C23H30N4O6S/c1-4-7-34(30,31)25-20-5-6-21-16-8-15(13-27(21)22(20)28)12-26(14-16)23(29)24-17-9-18(32-2)11-19(10-17)33-3/h5-6,9-11,15-16,25H,4,7-8,12-14H2,1-3H3,(H,24,29)/t15-,16+/m0/s1. The minimum absolute atomic E-state index is 0.00732. The molecule has 0 radical (unpaired) electrons. The molecule has 1 fully saturated rings. The van der Waals surface area contributed by atoms with E-state index in [1.165, 1.54) is 6.07 Å². The van der Waals surface area contributed by atoms with Crippen molar-refractivity contribution in [3.05, 3.63) is 46.4 Å². The van der Waals surface area contributed by atoms with Crippen LogP contribution in [0.3, 0.4) is 0 Å². The van der Waals surface area contributed by atoms with E-state index in [4.69, 9.17) is 9.47 Å². The number of benzene rings is 1. The third-order valence-electron chi connectivity index (χ3n) is 6.23. The van der Waals surface area contributed by atoms with Crippen LogP contribution in [0, 0.1) is 5.92 Å². The van der Waals surface area contributed by atoms with Gasteiger partial charge in [0.25, 0.3) is 5.56 Å². The van der Waals surface area contributed by atoms with Crippen LogP contribution in [0.1, 0.15) is 31.4 Å². The van der Waals surface area contributed by atoms with Crippen molar-refractivity contribution in [1.82, 2.24) is 9.47 Å². The highest BCUT2D eigenvalue weighted by molar-refractivity contribution is 7.92. The van der Waals surface area contributed by atoms with Gasteiger partial charge in [0.05, 0.1) is 20.0 Å². The number of aromatic nitrogens is 1. The fourth-order valence-corrected chi connectivity index (χ4v) is 5.89. The Morgan fingerprint density at radius 3 is 2.44 bits per heavy atom. The topological polar surface area (TPSA) is 119 Å². The molecule has 10 nitrogen and oxygen atoms in total. The summed E-state index contributed by atoms with van der Waals surface area (Å²) < 4.78 is 38.9. The van der Waals surface area contributed by atoms with Gasteiger partial charge in [-0.15, -0.1) is 0 Å². The molecule has 0 unspecified atom stereocenters. The first-order valence-corrected chi connectivity index (χ1v) is 12.9. The lowest BCUT2D eigenvalue weighted by atomic mass is 9.83. The molecule has 2 amide bonds. The first-order chi connectivity index (χ1) is 16.2. The Labute approximate surface area is 198 Å². The average Bonchev–Trinajstić information content (AvgIpc) is 2.80. The molecule has 0 saturated carbocycles. The highest BCUT2D eigenvalue weighted by Gasteiger charge is 2.37. The number of carbonyl (C=O) groups excluding carboxylic acids is 1. The molecule has 11 heteroatoms. The Balaban J connectivity index is 1.52. The van der Waals surface area contributed by atoms with E-state index in [2.05, 4.69) is 10.0 Å². The van der Waals surface area contributed by atoms with Gasteiger partial charge in [0, 0.05) is 55.1 Å². The van der Waals surface area contributed by atoms with Gasteiger partial charge in [-0.05, 0) is 30.9 Å². The summed E-state index contributed by atoms with van der Waals surface area (Å²) in [5.41, 5.74) is 1.12. The number of methoxy groups -OCH3 is 2. The molecule has 2 aliphatic rings. The fourth-order valence-electron chi connectivity index (χ4n) is 4.76. The molecule has 0 spiro atoms. The van der Waals surface area contributed by atoms with Crippen molar-refractivity contribution in [3.8, 4) is 11.5 Å². The summed E-state index contributed by atoms with van der Waals surface area (Å²) in [4.78, 5) is 27.8. The number of hydrogen-bond donors (Lipinski definition) is 2. The summed E-state index contributed by atoms with van der Waals surface area (Å²) in [6.07, 6.45) is 1.34. The minimum Gasteiger partial charge on any atom is -0.497 e. The third-order valence-corrected chi connectivity index (χ3v) is 7.71. The van der Waals surface area contributed by atoms with E-state index in [-0.39, 0.29) is 34.9 Å². The molecular weight excluding hydrogens is 460 g/mol. The number of ether oxygens (including phenoxy) is 2. The lowest BCUT2D eigenvalue weighted by molar-refractivity contribution is 0.139. The Bertz CT molecular complexity index is 1220. The van der Waals surface area contributed by atoms with Crippen LogP contribution in [0.4, 0.5) is 16.2 Å². The number of fused-ring (bicyclic) bond motifs is 4. The maximum absolute atomic E-state index is 13.0. The van der Waals surface area contributed by atoms with Crippen molar-refractivity contribution in [2.45, 2.75) is 32.2 Å². The Hall–Kier alpha value is -3.21. The molecule has 3 heterocycles. The smallest absolute Gasteiger partial charge is 0.321 e. The van der Waals surface area contributed by atoms with Gasteiger partial charge < -0.3 is 24.3 Å². The summed E-state index contributed by atoms with van der Waals surface area (Å²) >= 11 is 0. The van der Waals surface area contributed by atoms with E-state index >= 15 is 0 Å². The monoisotopic (exact) mass is 490 g/mol. The SMILES string of the molecule is CCCS(=O)(=O)Nc1ccc2n(c1=O)C[C@H]1C[C@@H]2CN(C(=O)Nc2cc(OC)cc(OC)c2)C1. The average molecular weight is 491 g/mol. The number of piperidine rings is 1. The van der Waals surface area contributed by atoms with Crippen molar-refractivity contribution >= 4 is 27.4 Å². The number of rotatable bonds is 7. The zero-order chi connectivity index (χ0) is 24.5. The van der Waals surface area contributed by atoms with Gasteiger partial charge in [0.2, 0.25) is 10.0 Å². The molecule has 1 aromatic heterocycles. The third kappa shape index (κ3) is 4.98. The van der Waals surface area contributed by atoms with Crippen LogP contribution in [-0.2, 0) is 16.6 Å². The molecule has 1 saturated heterocycles. The number of likely N-dealkylation sites (tertiary alicyclic amines) is 1. The lowest BCUT2D eigenvalue weighted by Gasteiger charge is -2.42. The number of carbonyl (C=O) groups is 1. The second-order valence-corrected chi connectivity index (χ2v) is 10.6. The van der Waals surface area contributed by atoms with Gasteiger partial charge in [-0.25, -0.2) is 13.2 Å². The number of pyridine rings is 1. The number of nitrogens with zero attached hydrogens (tertiary/aromatic N) is 2. The number of sulfonamides is 1. The minimum atomic E-state index is -3.55. The fraction of sp³-hybridized carbons (Fsp3) is 0.478. The molecule has 2 aromatic rings. The number of nitrogens with one attached hydrogen (secondary N) is 2. The molecule has 184 valence electrons. The lowest BCUT2D eigenvalue weighted by Crippen LogP contribution is -2.50. The summed E-state index contributed by atoms with van der Waals surface area (Å²) in [7, 11) is -0.460. The number of amides is 2. The van der Waals surface area contributed by atoms with Crippen molar-refractivity contribution in [3.63, 3.8) is 0 Å². The summed E-state index contributed by atoms with van der Waals surface area (Å²) in [6.45, 7) is 3.17. The van der Waals surface area contributed by atoms with Crippen LogP contribution in [0.5, 0.6) is 11.5 Å². The van der Waals surface area contributed by atoms with E-state index in [0.717, 1.165) is 12.1 Å². The first kappa shape index (κ1) is 23.9. The van der Waals surface area contributed by atoms with E-state index < -0.39 is 10.0 Å². The number of anilines is 2. The van der Waals surface area contributed by atoms with Gasteiger partial charge in [-0.2, -0.15) is 0 Å². The molecule has 4 rings (SSSR count). The van der Waals surface area contributed by atoms with E-state index in [1.807, 2.05) is 0 Å². The molecule has 34 heavy (non-hydrogen) atoms. The highest BCUT2D eigenvalue weighted by Crippen LogP contribution is 2.36. The van der Waals surface area contributed by atoms with Crippen LogP contribution in [0.15, 0.2) is 35.1 Å². The van der Waals surface area contributed by atoms with Crippen molar-refractivity contribution in [2.75, 3.05) is 43.1 Å². The van der Waals surface area contributed by atoms with Gasteiger partial charge in [-0.1, -0.05) is 6.92 Å². The normalized spacial score (nSPS) is 19.2. The highest BCUT2D eigenvalue weighted by atomic mass is 32.2. The Kier molecular flexibility index (Phi) is 6.74. The van der Waals surface area contributed by atoms with Gasteiger partial charge in [0.1, 0.15) is 17.2 Å². The van der Waals surface area contributed by atoms with Crippen LogP contribution < -0.4 is 25.1 Å². The van der Waals surface area contributed by atoms with Crippen LogP contribution in [0.25, 0.3) is 0 Å². The quantitative estimate of drug-likeness (QED) is 0.616. The van der Waals surface area contributed by atoms with Crippen LogP contribution in [0.2, 0.25) is 0 Å². The molecule has 2 atom stereocenters. The van der Waals surface area contributed by atoms with Gasteiger partial charge >= 0.3 is 6.03 Å². The van der Waals surface area contributed by atoms with E-state index in [9.17, 15) is 18.0 Å². The first-order valence-electron chi connectivity index (χ1n) is 11.3. The predicted molar refractivity (Wildman–Crippen MR) is 129 cm³/mol. The van der Waals surface area contributed by atoms with Crippen LogP contribution in [-0.4, -0.2) is 57.0 Å². The number of hydrogen-bond acceptors (Lipinski definition) is 6. The van der Waals surface area contributed by atoms with Crippen molar-refractivity contribution < 1.29 is 22.7 Å². The maximum atomic E-state index is 13.0. The largest absolute Gasteiger partial charge is 0.497 e. The molecule has 2 bridgehead atoms. The van der Waals surface area contributed by atoms with Gasteiger partial charge in [0.15, 0.2) is 0 Å². The van der Waals surface area contributed by atoms with Crippen molar-refractivity contribution in [1.29, 1.82) is 0 Å². The second kappa shape index (κ2) is 9.57. The summed E-state index contributed by atoms with van der Waals surface area (Å²) in [5, 5.41) is 2.91. The van der Waals surface area contributed by atoms with Crippen molar-refractivity contribution in [2.24, 2.45) is 5.92 Å². The summed E-state index contributed by atoms with van der Waals surface area (Å²) in [5.74, 6) is 1.19. The second-order valence-electron chi connectivity index (χ2n) is 8.74. The number of urea groups is 1. The molecular formula is C23H30N4O6S. The summed E-state index contributed by atoms with van der Waals surface area (Å²) in [6, 6.07) is 8.27. The molecule has 1 aromatic carbocycles. The molecule has 0 aliphatic carbocycles. The molecule has 2 N–H and O–H groups in total. The zero-order valence-electron chi connectivity index (χ0n) is 19.5. The Morgan fingerprint density at radius 2 is 1.79 bits per heavy atom. The van der Waals surface area contributed by atoms with Gasteiger partial charge in [-0.3, -0.25) is 9.52 Å². The van der Waals surface area contributed by atoms with E-state index in [1.54, 1.807) is 54.9 Å². The maximum Gasteiger partial charge on any atom is 0.321 e. The zero-order valence-corrected chi connectivity index (χ0v) is 20.4. The molecule has 2 aliphatic heterocycles. The van der Waals surface area contributed by atoms with E-state index in [0.29, 0.717) is 43.2 Å². The Morgan fingerprint density at radius 1 is 1.09 bits per heavy atom. The predicted octanol–water partition coefficient (Wildman–Crippen LogP) is 2.67.